The van der Waals surface area contributed by atoms with E-state index in [0.29, 0.717) is 32.5 Å². The van der Waals surface area contributed by atoms with Crippen molar-refractivity contribution in [1.82, 2.24) is 15.1 Å². The van der Waals surface area contributed by atoms with Gasteiger partial charge in [0.2, 0.25) is 5.91 Å². The number of hydrogen-bond acceptors (Lipinski definition) is 6. The number of aliphatic carboxylic acids is 1. The average molecular weight is 506 g/mol. The van der Waals surface area contributed by atoms with Gasteiger partial charge in [-0.3, -0.25) is 9.69 Å². The Morgan fingerprint density at radius 1 is 1.17 bits per heavy atom. The maximum Gasteiger partial charge on any atom is 0.408 e. The van der Waals surface area contributed by atoms with Gasteiger partial charge in [-0.15, -0.1) is 6.58 Å². The van der Waals surface area contributed by atoms with E-state index in [0.717, 1.165) is 11.1 Å². The normalized spacial score (nSPS) is 17.4. The molecule has 1 aromatic carbocycles. The third kappa shape index (κ3) is 8.56. The quantitative estimate of drug-likeness (QED) is 0.379. The van der Waals surface area contributed by atoms with Crippen molar-refractivity contribution < 1.29 is 38.9 Å². The molecular formula is C25H35N3O8. The van der Waals surface area contributed by atoms with E-state index in [1.165, 1.54) is 15.9 Å². The van der Waals surface area contributed by atoms with Crippen LogP contribution in [0.15, 0.2) is 36.9 Å². The summed E-state index contributed by atoms with van der Waals surface area (Å²) in [4.78, 5) is 49.1. The highest BCUT2D eigenvalue weighted by Crippen LogP contribution is 2.22. The summed E-state index contributed by atoms with van der Waals surface area (Å²) in [5.74, 6) is -1.54. The first-order chi connectivity index (χ1) is 16.9. The molecule has 0 radical (unpaired) electrons. The van der Waals surface area contributed by atoms with Gasteiger partial charge in [-0.05, 0) is 44.7 Å². The molecule has 0 saturated carbocycles. The molecule has 36 heavy (non-hydrogen) atoms. The summed E-state index contributed by atoms with van der Waals surface area (Å²) >= 11 is 0. The number of carbonyl (C=O) groups is 4. The summed E-state index contributed by atoms with van der Waals surface area (Å²) in [6, 6.07) is 5.92. The number of carbonyl (C=O) groups excluding carboxylic acids is 2. The van der Waals surface area contributed by atoms with Crippen molar-refractivity contribution in [3.05, 3.63) is 48.0 Å². The maximum atomic E-state index is 12.6. The number of amides is 3. The molecule has 3 amide bonds. The third-order valence-corrected chi connectivity index (χ3v) is 5.44. The largest absolute Gasteiger partial charge is 0.480 e. The number of hydrogen-bond donors (Lipinski definition) is 3. The SMILES string of the molecule is C=CCOCC(NC(=O)OC(C)(C)C)C(=O)N1CCCC1C(=O)O.O=C(O)N1Cc2ccccc2C1. The van der Waals surface area contributed by atoms with Crippen LogP contribution in [0, 0.1) is 0 Å². The van der Waals surface area contributed by atoms with Gasteiger partial charge in [0.25, 0.3) is 0 Å². The van der Waals surface area contributed by atoms with Crippen LogP contribution in [0.5, 0.6) is 0 Å². The Hall–Kier alpha value is -3.60. The summed E-state index contributed by atoms with van der Waals surface area (Å²) in [5, 5.41) is 20.4. The number of carboxylic acids is 1. The fourth-order valence-corrected chi connectivity index (χ4v) is 3.85. The minimum absolute atomic E-state index is 0.0903. The van der Waals surface area contributed by atoms with Crippen molar-refractivity contribution in [2.45, 2.75) is 64.4 Å². The predicted octanol–water partition coefficient (Wildman–Crippen LogP) is 2.84. The van der Waals surface area contributed by atoms with E-state index < -0.39 is 41.7 Å². The molecule has 0 aliphatic carbocycles. The summed E-state index contributed by atoms with van der Waals surface area (Å²) in [6.45, 7) is 10.2. The van der Waals surface area contributed by atoms with Gasteiger partial charge >= 0.3 is 18.2 Å². The molecule has 2 unspecified atom stereocenters. The molecule has 0 spiro atoms. The van der Waals surface area contributed by atoms with Crippen molar-refractivity contribution in [2.24, 2.45) is 0 Å². The van der Waals surface area contributed by atoms with Crippen molar-refractivity contribution in [2.75, 3.05) is 19.8 Å². The molecule has 3 rings (SSSR count). The second-order valence-corrected chi connectivity index (χ2v) is 9.46. The highest BCUT2D eigenvalue weighted by molar-refractivity contribution is 5.90. The lowest BCUT2D eigenvalue weighted by atomic mass is 10.1. The Morgan fingerprint density at radius 3 is 2.28 bits per heavy atom. The van der Waals surface area contributed by atoms with Crippen LogP contribution in [-0.4, -0.2) is 81.5 Å². The van der Waals surface area contributed by atoms with Gasteiger partial charge in [-0.1, -0.05) is 30.3 Å². The van der Waals surface area contributed by atoms with Crippen molar-refractivity contribution in [3.63, 3.8) is 0 Å². The van der Waals surface area contributed by atoms with Crippen molar-refractivity contribution >= 4 is 24.1 Å². The average Bonchev–Trinajstić information content (AvgIpc) is 3.45. The van der Waals surface area contributed by atoms with Gasteiger partial charge in [-0.2, -0.15) is 0 Å². The van der Waals surface area contributed by atoms with Crippen LogP contribution in [0.25, 0.3) is 0 Å². The fourth-order valence-electron chi connectivity index (χ4n) is 3.85. The second-order valence-electron chi connectivity index (χ2n) is 9.46. The van der Waals surface area contributed by atoms with E-state index in [9.17, 15) is 24.3 Å². The highest BCUT2D eigenvalue weighted by atomic mass is 16.6. The van der Waals surface area contributed by atoms with Crippen LogP contribution in [0.1, 0.15) is 44.7 Å². The number of benzene rings is 1. The first kappa shape index (κ1) is 28.6. The van der Waals surface area contributed by atoms with E-state index in [4.69, 9.17) is 14.6 Å². The highest BCUT2D eigenvalue weighted by Gasteiger charge is 2.38. The first-order valence-electron chi connectivity index (χ1n) is 11.7. The zero-order valence-corrected chi connectivity index (χ0v) is 20.9. The Labute approximate surface area is 210 Å². The van der Waals surface area contributed by atoms with E-state index in [1.54, 1.807) is 20.8 Å². The van der Waals surface area contributed by atoms with Crippen LogP contribution >= 0.6 is 0 Å². The first-order valence-corrected chi connectivity index (χ1v) is 11.7. The van der Waals surface area contributed by atoms with E-state index in [-0.39, 0.29) is 13.2 Å². The number of nitrogens with one attached hydrogen (secondary N) is 1. The van der Waals surface area contributed by atoms with Crippen LogP contribution in [-0.2, 0) is 32.2 Å². The molecule has 11 heteroatoms. The van der Waals surface area contributed by atoms with Gasteiger partial charge < -0.3 is 29.9 Å². The van der Waals surface area contributed by atoms with Crippen molar-refractivity contribution in [1.29, 1.82) is 0 Å². The lowest BCUT2D eigenvalue weighted by Crippen LogP contribution is -2.54. The van der Waals surface area contributed by atoms with Gasteiger partial charge in [0, 0.05) is 19.6 Å². The number of alkyl carbamates (subject to hydrolysis) is 1. The van der Waals surface area contributed by atoms with Crippen LogP contribution < -0.4 is 5.32 Å². The zero-order chi connectivity index (χ0) is 26.9. The number of ether oxygens (including phenoxy) is 2. The predicted molar refractivity (Wildman–Crippen MR) is 130 cm³/mol. The van der Waals surface area contributed by atoms with E-state index in [2.05, 4.69) is 11.9 Å². The lowest BCUT2D eigenvalue weighted by Gasteiger charge is -2.28. The molecule has 2 aliphatic heterocycles. The van der Waals surface area contributed by atoms with Gasteiger partial charge in [0.05, 0.1) is 13.2 Å². The summed E-state index contributed by atoms with van der Waals surface area (Å²) in [6.07, 6.45) is 0.925. The molecule has 1 aromatic rings. The summed E-state index contributed by atoms with van der Waals surface area (Å²) in [7, 11) is 0. The maximum absolute atomic E-state index is 12.6. The molecule has 3 N–H and O–H groups in total. The standard InChI is InChI=1S/C16H26N2O6.C9H9NO2/c1-5-9-23-10-11(17-15(22)24-16(2,3)4)13(19)18-8-6-7-12(18)14(20)21;11-9(12)10-5-7-3-1-2-4-8(7)6-10/h5,11-12H,1,6-10H2,2-4H3,(H,17,22)(H,20,21);1-4H,5-6H2,(H,11,12). The molecule has 2 atom stereocenters. The molecule has 2 aliphatic rings. The third-order valence-electron chi connectivity index (χ3n) is 5.44. The summed E-state index contributed by atoms with van der Waals surface area (Å²) in [5.41, 5.74) is 1.54. The minimum Gasteiger partial charge on any atom is -0.480 e. The van der Waals surface area contributed by atoms with Crippen LogP contribution in [0.4, 0.5) is 9.59 Å². The van der Waals surface area contributed by atoms with E-state index in [1.807, 2.05) is 24.3 Å². The Bertz CT molecular complexity index is 934. The lowest BCUT2D eigenvalue weighted by molar-refractivity contribution is -0.149. The number of rotatable bonds is 7. The smallest absolute Gasteiger partial charge is 0.408 e. The molecule has 1 fully saturated rings. The van der Waals surface area contributed by atoms with Crippen LogP contribution in [0.2, 0.25) is 0 Å². The number of nitrogens with zero attached hydrogens (tertiary/aromatic N) is 2. The fraction of sp³-hybridized carbons (Fsp3) is 0.520. The Morgan fingerprint density at radius 2 is 1.78 bits per heavy atom. The van der Waals surface area contributed by atoms with Crippen LogP contribution in [0.3, 0.4) is 0 Å². The topological polar surface area (TPSA) is 146 Å². The molecule has 1 saturated heterocycles. The molecular weight excluding hydrogens is 470 g/mol. The minimum atomic E-state index is -1.05. The number of fused-ring (bicyclic) bond motifs is 1. The van der Waals surface area contributed by atoms with Gasteiger partial charge in [0.15, 0.2) is 0 Å². The number of likely N-dealkylation sites (tertiary alicyclic amines) is 1. The van der Waals surface area contributed by atoms with Gasteiger partial charge in [0.1, 0.15) is 17.7 Å². The summed E-state index contributed by atoms with van der Waals surface area (Å²) < 4.78 is 10.4. The molecule has 0 bridgehead atoms. The van der Waals surface area contributed by atoms with Gasteiger partial charge in [-0.25, -0.2) is 14.4 Å². The van der Waals surface area contributed by atoms with E-state index >= 15 is 0 Å². The molecule has 11 nitrogen and oxygen atoms in total. The molecule has 2 heterocycles. The molecule has 0 aromatic heterocycles. The molecule has 198 valence electrons. The zero-order valence-electron chi connectivity index (χ0n) is 20.9. The second kappa shape index (κ2) is 12.9. The Balaban J connectivity index is 0.000000313. The Kier molecular flexibility index (Phi) is 10.3. The monoisotopic (exact) mass is 505 g/mol. The van der Waals surface area contributed by atoms with Crippen molar-refractivity contribution in [3.8, 4) is 0 Å². The number of carboxylic acid groups (broad SMARTS) is 2.